The van der Waals surface area contributed by atoms with Gasteiger partial charge >= 0.3 is 15.5 Å². The van der Waals surface area contributed by atoms with Crippen molar-refractivity contribution in [2.75, 3.05) is 46.3 Å². The van der Waals surface area contributed by atoms with E-state index in [9.17, 15) is 21.6 Å². The Morgan fingerprint density at radius 1 is 1.17 bits per heavy atom. The average Bonchev–Trinajstić information content (AvgIpc) is 2.63. The first-order chi connectivity index (χ1) is 13.5. The number of nitrogens with one attached hydrogen (secondary N) is 2. The summed E-state index contributed by atoms with van der Waals surface area (Å²) >= 11 is 0. The normalized spacial score (nSPS) is 26.5. The van der Waals surface area contributed by atoms with Crippen LogP contribution in [0, 0.1) is 0 Å². The molecule has 0 spiro atoms. The van der Waals surface area contributed by atoms with Crippen molar-refractivity contribution in [2.45, 2.75) is 56.9 Å². The van der Waals surface area contributed by atoms with Crippen LogP contribution in [0.4, 0.5) is 13.2 Å². The maximum absolute atomic E-state index is 12.6. The van der Waals surface area contributed by atoms with E-state index in [1.54, 1.807) is 7.05 Å². The highest BCUT2D eigenvalue weighted by Crippen LogP contribution is 2.28. The summed E-state index contributed by atoms with van der Waals surface area (Å²) in [5.74, 6) is 0.575. The van der Waals surface area contributed by atoms with E-state index >= 15 is 0 Å². The summed E-state index contributed by atoms with van der Waals surface area (Å²) in [5, 5.41) is 6.39. The van der Waals surface area contributed by atoms with Crippen molar-refractivity contribution in [1.82, 2.24) is 19.8 Å². The van der Waals surface area contributed by atoms with Crippen LogP contribution in [0.2, 0.25) is 0 Å². The zero-order valence-corrected chi connectivity index (χ0v) is 18.0. The smallest absolute Gasteiger partial charge is 0.373 e. The van der Waals surface area contributed by atoms with Gasteiger partial charge in [-0.2, -0.15) is 17.5 Å². The monoisotopic (exact) mass is 443 g/mol. The zero-order valence-electron chi connectivity index (χ0n) is 17.2. The molecule has 0 saturated carbocycles. The minimum Gasteiger partial charge on any atom is -0.373 e. The number of nitrogens with zero attached hydrogens (tertiary/aromatic N) is 3. The first-order valence-corrected chi connectivity index (χ1v) is 11.4. The molecule has 2 saturated heterocycles. The lowest BCUT2D eigenvalue weighted by atomic mass is 10.1. The SMILES string of the molecule is CN=C(NCCCN1CC(C)OC(C)C1)NC1CCN(S(=O)(=O)C(F)(F)F)CC1. The van der Waals surface area contributed by atoms with Crippen LogP contribution < -0.4 is 10.6 Å². The van der Waals surface area contributed by atoms with Gasteiger partial charge in [0, 0.05) is 52.4 Å². The first-order valence-electron chi connectivity index (χ1n) is 9.94. The fourth-order valence-electron chi connectivity index (χ4n) is 3.75. The van der Waals surface area contributed by atoms with Crippen molar-refractivity contribution >= 4 is 16.0 Å². The lowest BCUT2D eigenvalue weighted by molar-refractivity contribution is -0.0679. The van der Waals surface area contributed by atoms with E-state index in [1.165, 1.54) is 0 Å². The maximum Gasteiger partial charge on any atom is 0.511 e. The van der Waals surface area contributed by atoms with E-state index in [0.717, 1.165) is 26.1 Å². The molecule has 2 unspecified atom stereocenters. The number of alkyl halides is 3. The average molecular weight is 444 g/mol. The van der Waals surface area contributed by atoms with Gasteiger partial charge in [-0.25, -0.2) is 8.42 Å². The molecule has 2 rings (SSSR count). The Bertz CT molecular complexity index is 641. The fourth-order valence-corrected chi connectivity index (χ4v) is 4.74. The van der Waals surface area contributed by atoms with E-state index in [1.807, 2.05) is 0 Å². The maximum atomic E-state index is 12.6. The van der Waals surface area contributed by atoms with Gasteiger partial charge in [-0.15, -0.1) is 0 Å². The Kier molecular flexibility index (Phi) is 8.56. The lowest BCUT2D eigenvalue weighted by Crippen LogP contribution is -2.52. The lowest BCUT2D eigenvalue weighted by Gasteiger charge is -2.35. The van der Waals surface area contributed by atoms with Crippen LogP contribution in [0.5, 0.6) is 0 Å². The summed E-state index contributed by atoms with van der Waals surface area (Å²) in [6, 6.07) is -0.123. The molecule has 8 nitrogen and oxygen atoms in total. The van der Waals surface area contributed by atoms with Crippen molar-refractivity contribution in [2.24, 2.45) is 4.99 Å². The summed E-state index contributed by atoms with van der Waals surface area (Å²) in [5.41, 5.74) is -5.25. The zero-order chi connectivity index (χ0) is 21.7. The standard InChI is InChI=1S/C17H32F3N5O3S/c1-13-11-24(12-14(2)28-13)8-4-7-22-16(21-3)23-15-5-9-25(10-6-15)29(26,27)17(18,19)20/h13-15H,4-12H2,1-3H3,(H2,21,22,23). The minimum absolute atomic E-state index is 0.123. The second-order valence-corrected chi connectivity index (χ2v) is 9.57. The van der Waals surface area contributed by atoms with Gasteiger partial charge in [0.15, 0.2) is 5.96 Å². The van der Waals surface area contributed by atoms with Crippen LogP contribution in [0.3, 0.4) is 0 Å². The third-order valence-electron chi connectivity index (χ3n) is 5.09. The molecule has 0 aromatic carbocycles. The number of hydrogen-bond donors (Lipinski definition) is 2. The largest absolute Gasteiger partial charge is 0.511 e. The number of hydrogen-bond acceptors (Lipinski definition) is 5. The fraction of sp³-hybridized carbons (Fsp3) is 0.941. The van der Waals surface area contributed by atoms with Gasteiger partial charge < -0.3 is 15.4 Å². The van der Waals surface area contributed by atoms with Crippen molar-refractivity contribution in [3.05, 3.63) is 0 Å². The second-order valence-electron chi connectivity index (χ2n) is 7.64. The molecule has 2 atom stereocenters. The van der Waals surface area contributed by atoms with Crippen LogP contribution in [-0.4, -0.2) is 93.7 Å². The highest BCUT2D eigenvalue weighted by atomic mass is 32.2. The summed E-state index contributed by atoms with van der Waals surface area (Å²) in [6.45, 7) is 7.29. The minimum atomic E-state index is -5.25. The first kappa shape index (κ1) is 24.2. The number of rotatable bonds is 6. The van der Waals surface area contributed by atoms with E-state index in [-0.39, 0.29) is 31.3 Å². The number of aliphatic imine (C=N–C) groups is 1. The third-order valence-corrected chi connectivity index (χ3v) is 6.72. The molecule has 0 aromatic rings. The predicted molar refractivity (Wildman–Crippen MR) is 105 cm³/mol. The third kappa shape index (κ3) is 6.97. The van der Waals surface area contributed by atoms with Crippen molar-refractivity contribution in [1.29, 1.82) is 0 Å². The summed E-state index contributed by atoms with van der Waals surface area (Å²) < 4.78 is 67.1. The van der Waals surface area contributed by atoms with Gasteiger partial charge in [-0.05, 0) is 33.1 Å². The Labute approximate surface area is 170 Å². The van der Waals surface area contributed by atoms with Crippen LogP contribution in [0.1, 0.15) is 33.1 Å². The van der Waals surface area contributed by atoms with Gasteiger partial charge in [-0.3, -0.25) is 9.89 Å². The molecular formula is C17H32F3N5O3S. The van der Waals surface area contributed by atoms with Crippen LogP contribution in [0.15, 0.2) is 4.99 Å². The quantitative estimate of drug-likeness (QED) is 0.361. The van der Waals surface area contributed by atoms with Gasteiger partial charge in [0.1, 0.15) is 0 Å². The Morgan fingerprint density at radius 2 is 1.76 bits per heavy atom. The van der Waals surface area contributed by atoms with Gasteiger partial charge in [0.05, 0.1) is 12.2 Å². The summed E-state index contributed by atoms with van der Waals surface area (Å²) in [4.78, 5) is 6.52. The molecule has 2 fully saturated rings. The van der Waals surface area contributed by atoms with E-state index in [4.69, 9.17) is 4.74 Å². The molecule has 0 amide bonds. The molecule has 2 heterocycles. The number of ether oxygens (including phenoxy) is 1. The van der Waals surface area contributed by atoms with Crippen molar-refractivity contribution < 1.29 is 26.3 Å². The van der Waals surface area contributed by atoms with Crippen molar-refractivity contribution in [3.8, 4) is 0 Å². The molecule has 29 heavy (non-hydrogen) atoms. The van der Waals surface area contributed by atoms with Gasteiger partial charge in [0.25, 0.3) is 0 Å². The Balaban J connectivity index is 1.69. The van der Waals surface area contributed by atoms with E-state index in [2.05, 4.69) is 34.4 Å². The van der Waals surface area contributed by atoms with Crippen LogP contribution in [0.25, 0.3) is 0 Å². The molecule has 0 aliphatic carbocycles. The number of guanidine groups is 1. The highest BCUT2D eigenvalue weighted by Gasteiger charge is 2.50. The molecule has 2 aliphatic rings. The molecule has 2 aliphatic heterocycles. The molecule has 0 bridgehead atoms. The molecular weight excluding hydrogens is 411 g/mol. The van der Waals surface area contributed by atoms with E-state index in [0.29, 0.717) is 29.7 Å². The second kappa shape index (κ2) is 10.3. The molecule has 0 radical (unpaired) electrons. The van der Waals surface area contributed by atoms with Gasteiger partial charge in [0.2, 0.25) is 0 Å². The Morgan fingerprint density at radius 3 is 2.28 bits per heavy atom. The predicted octanol–water partition coefficient (Wildman–Crippen LogP) is 0.965. The van der Waals surface area contributed by atoms with Crippen LogP contribution >= 0.6 is 0 Å². The number of sulfonamides is 1. The topological polar surface area (TPSA) is 86.3 Å². The van der Waals surface area contributed by atoms with Gasteiger partial charge in [-0.1, -0.05) is 0 Å². The summed E-state index contributed by atoms with van der Waals surface area (Å²) in [7, 11) is -3.62. The summed E-state index contributed by atoms with van der Waals surface area (Å²) in [6.07, 6.45) is 1.96. The van der Waals surface area contributed by atoms with E-state index < -0.39 is 15.5 Å². The molecule has 12 heteroatoms. The molecule has 170 valence electrons. The number of piperidine rings is 1. The van der Waals surface area contributed by atoms with Crippen molar-refractivity contribution in [3.63, 3.8) is 0 Å². The highest BCUT2D eigenvalue weighted by molar-refractivity contribution is 7.90. The molecule has 2 N–H and O–H groups in total. The Hall–Kier alpha value is -1.11. The molecule has 0 aromatic heterocycles. The number of morpholine rings is 1. The number of halogens is 3. The van der Waals surface area contributed by atoms with Crippen LogP contribution in [-0.2, 0) is 14.8 Å².